The van der Waals surface area contributed by atoms with Crippen LogP contribution >= 0.6 is 0 Å². The maximum atomic E-state index is 5.32. The highest BCUT2D eigenvalue weighted by molar-refractivity contribution is 5.30. The Hall–Kier alpha value is -1.81. The summed E-state index contributed by atoms with van der Waals surface area (Å²) in [5.41, 5.74) is 3.42. The molecule has 4 heteroatoms. The second kappa shape index (κ2) is 6.76. The first-order valence-electron chi connectivity index (χ1n) is 7.36. The molecule has 1 heterocycles. The molecule has 1 aromatic heterocycles. The van der Waals surface area contributed by atoms with E-state index >= 15 is 0 Å². The summed E-state index contributed by atoms with van der Waals surface area (Å²) in [4.78, 5) is 2.40. The molecule has 0 amide bonds. The average Bonchev–Trinajstić information content (AvgIpc) is 2.83. The second-order valence-electron chi connectivity index (χ2n) is 5.32. The Labute approximate surface area is 126 Å². The fourth-order valence-corrected chi connectivity index (χ4v) is 2.57. The van der Waals surface area contributed by atoms with Gasteiger partial charge in [-0.15, -0.1) is 0 Å². The van der Waals surface area contributed by atoms with Crippen molar-refractivity contribution in [1.82, 2.24) is 10.1 Å². The minimum atomic E-state index is 0.304. The van der Waals surface area contributed by atoms with E-state index in [9.17, 15) is 0 Å². The number of benzene rings is 1. The van der Waals surface area contributed by atoms with Gasteiger partial charge in [0.25, 0.3) is 0 Å². The van der Waals surface area contributed by atoms with Crippen LogP contribution in [0.15, 0.2) is 28.8 Å². The summed E-state index contributed by atoms with van der Waals surface area (Å²) in [7, 11) is 1.70. The van der Waals surface area contributed by atoms with Crippen LogP contribution < -0.4 is 4.74 Å². The number of methoxy groups -OCH3 is 1. The lowest BCUT2D eigenvalue weighted by Gasteiger charge is -2.28. The number of hydrogen-bond acceptors (Lipinski definition) is 4. The SMILES string of the molecule is CCN(Cc1c(C)noc1C)C(C)c1cccc(OC)c1. The van der Waals surface area contributed by atoms with E-state index in [0.29, 0.717) is 6.04 Å². The Morgan fingerprint density at radius 1 is 1.33 bits per heavy atom. The highest BCUT2D eigenvalue weighted by Gasteiger charge is 2.19. The molecule has 0 aliphatic heterocycles. The molecule has 0 fully saturated rings. The van der Waals surface area contributed by atoms with E-state index in [0.717, 1.165) is 30.3 Å². The predicted octanol–water partition coefficient (Wildman–Crippen LogP) is 3.88. The van der Waals surface area contributed by atoms with Crippen LogP contribution in [-0.4, -0.2) is 23.7 Å². The van der Waals surface area contributed by atoms with E-state index in [1.165, 1.54) is 11.1 Å². The Bertz CT molecular complexity index is 573. The van der Waals surface area contributed by atoms with E-state index in [2.05, 4.69) is 36.0 Å². The Morgan fingerprint density at radius 3 is 2.67 bits per heavy atom. The van der Waals surface area contributed by atoms with Crippen LogP contribution in [0, 0.1) is 13.8 Å². The third-order valence-corrected chi connectivity index (χ3v) is 4.07. The van der Waals surface area contributed by atoms with Gasteiger partial charge in [-0.3, -0.25) is 4.90 Å². The van der Waals surface area contributed by atoms with Crippen LogP contribution in [0.3, 0.4) is 0 Å². The molecule has 0 saturated heterocycles. The third-order valence-electron chi connectivity index (χ3n) is 4.07. The van der Waals surface area contributed by atoms with Gasteiger partial charge in [-0.05, 0) is 45.0 Å². The largest absolute Gasteiger partial charge is 0.497 e. The minimum absolute atomic E-state index is 0.304. The molecule has 2 aromatic rings. The molecule has 1 unspecified atom stereocenters. The molecular formula is C17H24N2O2. The third kappa shape index (κ3) is 3.45. The van der Waals surface area contributed by atoms with Crippen molar-refractivity contribution in [2.24, 2.45) is 0 Å². The monoisotopic (exact) mass is 288 g/mol. The standard InChI is InChI=1S/C17H24N2O2/c1-6-19(11-17-12(2)18-21-14(17)4)13(3)15-8-7-9-16(10-15)20-5/h7-10,13H,6,11H2,1-5H3. The van der Waals surface area contributed by atoms with Gasteiger partial charge in [0.05, 0.1) is 12.8 Å². The van der Waals surface area contributed by atoms with Crippen LogP contribution in [0.5, 0.6) is 5.75 Å². The molecule has 0 aliphatic carbocycles. The van der Waals surface area contributed by atoms with Gasteiger partial charge < -0.3 is 9.26 Å². The fourth-order valence-electron chi connectivity index (χ4n) is 2.57. The van der Waals surface area contributed by atoms with Gasteiger partial charge in [0.2, 0.25) is 0 Å². The first kappa shape index (κ1) is 15.6. The molecule has 0 spiro atoms. The van der Waals surface area contributed by atoms with Crippen LogP contribution in [0.1, 0.15) is 42.5 Å². The average molecular weight is 288 g/mol. The number of nitrogens with zero attached hydrogens (tertiary/aromatic N) is 2. The zero-order valence-corrected chi connectivity index (χ0v) is 13.5. The molecule has 0 saturated carbocycles. The van der Waals surface area contributed by atoms with Crippen molar-refractivity contribution in [3.8, 4) is 5.75 Å². The van der Waals surface area contributed by atoms with Gasteiger partial charge in [-0.25, -0.2) is 0 Å². The minimum Gasteiger partial charge on any atom is -0.497 e. The molecular weight excluding hydrogens is 264 g/mol. The van der Waals surface area contributed by atoms with Crippen molar-refractivity contribution in [1.29, 1.82) is 0 Å². The molecule has 4 nitrogen and oxygen atoms in total. The highest BCUT2D eigenvalue weighted by Crippen LogP contribution is 2.26. The molecule has 0 N–H and O–H groups in total. The van der Waals surface area contributed by atoms with E-state index < -0.39 is 0 Å². The summed E-state index contributed by atoms with van der Waals surface area (Å²) in [5, 5.41) is 4.04. The lowest BCUT2D eigenvalue weighted by Crippen LogP contribution is -2.26. The van der Waals surface area contributed by atoms with Gasteiger partial charge in [0.15, 0.2) is 0 Å². The topological polar surface area (TPSA) is 38.5 Å². The molecule has 0 bridgehead atoms. The second-order valence-corrected chi connectivity index (χ2v) is 5.32. The molecule has 0 radical (unpaired) electrons. The molecule has 21 heavy (non-hydrogen) atoms. The highest BCUT2D eigenvalue weighted by atomic mass is 16.5. The molecule has 1 aromatic carbocycles. The van der Waals surface area contributed by atoms with Crippen LogP contribution in [0.25, 0.3) is 0 Å². The fraction of sp³-hybridized carbons (Fsp3) is 0.471. The van der Waals surface area contributed by atoms with Crippen molar-refractivity contribution < 1.29 is 9.26 Å². The summed E-state index contributed by atoms with van der Waals surface area (Å²) in [6.45, 7) is 10.2. The van der Waals surface area contributed by atoms with Crippen LogP contribution in [-0.2, 0) is 6.54 Å². The lowest BCUT2D eigenvalue weighted by molar-refractivity contribution is 0.211. The Morgan fingerprint density at radius 2 is 2.10 bits per heavy atom. The van der Waals surface area contributed by atoms with E-state index in [4.69, 9.17) is 9.26 Å². The van der Waals surface area contributed by atoms with E-state index in [1.807, 2.05) is 26.0 Å². The number of hydrogen-bond donors (Lipinski definition) is 0. The smallest absolute Gasteiger partial charge is 0.138 e. The maximum Gasteiger partial charge on any atom is 0.138 e. The van der Waals surface area contributed by atoms with Crippen molar-refractivity contribution in [2.75, 3.05) is 13.7 Å². The van der Waals surface area contributed by atoms with Crippen molar-refractivity contribution in [2.45, 2.75) is 40.3 Å². The molecule has 114 valence electrons. The van der Waals surface area contributed by atoms with E-state index in [-0.39, 0.29) is 0 Å². The van der Waals surface area contributed by atoms with Crippen molar-refractivity contribution in [3.63, 3.8) is 0 Å². The number of rotatable bonds is 6. The van der Waals surface area contributed by atoms with Gasteiger partial charge in [-0.1, -0.05) is 24.2 Å². The quantitative estimate of drug-likeness (QED) is 0.808. The maximum absolute atomic E-state index is 5.32. The summed E-state index contributed by atoms with van der Waals surface area (Å²) in [6.07, 6.45) is 0. The predicted molar refractivity (Wildman–Crippen MR) is 83.5 cm³/mol. The summed E-state index contributed by atoms with van der Waals surface area (Å²) in [6, 6.07) is 8.55. The first-order chi connectivity index (χ1) is 10.1. The summed E-state index contributed by atoms with van der Waals surface area (Å²) in [5.74, 6) is 1.80. The molecule has 1 atom stereocenters. The van der Waals surface area contributed by atoms with Crippen molar-refractivity contribution in [3.05, 3.63) is 46.8 Å². The van der Waals surface area contributed by atoms with Gasteiger partial charge in [-0.2, -0.15) is 0 Å². The zero-order chi connectivity index (χ0) is 15.4. The first-order valence-corrected chi connectivity index (χ1v) is 7.36. The summed E-state index contributed by atoms with van der Waals surface area (Å²) >= 11 is 0. The van der Waals surface area contributed by atoms with Crippen LogP contribution in [0.4, 0.5) is 0 Å². The van der Waals surface area contributed by atoms with Gasteiger partial charge >= 0.3 is 0 Å². The lowest BCUT2D eigenvalue weighted by atomic mass is 10.1. The van der Waals surface area contributed by atoms with Crippen LogP contribution in [0.2, 0.25) is 0 Å². The Kier molecular flexibility index (Phi) is 5.02. The number of aryl methyl sites for hydroxylation is 2. The van der Waals surface area contributed by atoms with Gasteiger partial charge in [0.1, 0.15) is 11.5 Å². The number of ether oxygens (including phenoxy) is 1. The zero-order valence-electron chi connectivity index (χ0n) is 13.5. The normalized spacial score (nSPS) is 12.7. The molecule has 0 aliphatic rings. The van der Waals surface area contributed by atoms with Crippen molar-refractivity contribution >= 4 is 0 Å². The summed E-state index contributed by atoms with van der Waals surface area (Å²) < 4.78 is 10.6. The van der Waals surface area contributed by atoms with E-state index in [1.54, 1.807) is 7.11 Å². The van der Waals surface area contributed by atoms with Gasteiger partial charge in [0, 0.05) is 18.2 Å². The number of aromatic nitrogens is 1. The molecule has 2 rings (SSSR count). The Balaban J connectivity index is 2.20.